The fourth-order valence-electron chi connectivity index (χ4n) is 1.73. The van der Waals surface area contributed by atoms with E-state index in [1.165, 1.54) is 5.38 Å². The Morgan fingerprint density at radius 2 is 2.15 bits per heavy atom. The molecule has 2 rings (SSSR count). The van der Waals surface area contributed by atoms with Crippen LogP contribution in [-0.4, -0.2) is 28.6 Å². The normalized spacial score (nSPS) is 16.6. The molecular formula is C11H12N3NaO4S. The van der Waals surface area contributed by atoms with Crippen LogP contribution in [-0.2, 0) is 14.4 Å². The molecule has 0 saturated heterocycles. The SMILES string of the molecule is Nc1nc(/C(=N/OC2CCC(=O)CC2)C(=O)[O-])cs1.[Na+]. The van der Waals surface area contributed by atoms with Crippen LogP contribution in [0.2, 0.25) is 0 Å². The molecule has 1 heterocycles. The minimum absolute atomic E-state index is 0. The Morgan fingerprint density at radius 1 is 1.50 bits per heavy atom. The Labute approximate surface area is 141 Å². The van der Waals surface area contributed by atoms with E-state index in [1.807, 2.05) is 0 Å². The Hall–Kier alpha value is -0.960. The van der Waals surface area contributed by atoms with Crippen LogP contribution in [0.3, 0.4) is 0 Å². The number of carboxylic acid groups (broad SMARTS) is 1. The molecule has 1 aliphatic rings. The monoisotopic (exact) mass is 305 g/mol. The molecule has 1 aliphatic carbocycles. The van der Waals surface area contributed by atoms with E-state index in [9.17, 15) is 14.7 Å². The van der Waals surface area contributed by atoms with Crippen molar-refractivity contribution in [1.82, 2.24) is 4.98 Å². The smallest absolute Gasteiger partial charge is 0.543 e. The van der Waals surface area contributed by atoms with Crippen LogP contribution in [0.25, 0.3) is 0 Å². The van der Waals surface area contributed by atoms with Gasteiger partial charge in [0.1, 0.15) is 17.6 Å². The first-order valence-corrected chi connectivity index (χ1v) is 6.62. The predicted octanol–water partition coefficient (Wildman–Crippen LogP) is -3.29. The number of aromatic nitrogens is 1. The summed E-state index contributed by atoms with van der Waals surface area (Å²) in [6.07, 6.45) is 1.71. The van der Waals surface area contributed by atoms with E-state index in [0.29, 0.717) is 25.7 Å². The van der Waals surface area contributed by atoms with Crippen LogP contribution >= 0.6 is 11.3 Å². The molecule has 0 spiro atoms. The Kier molecular flexibility index (Phi) is 6.60. The first-order chi connectivity index (χ1) is 9.06. The van der Waals surface area contributed by atoms with Gasteiger partial charge in [0, 0.05) is 18.2 Å². The third kappa shape index (κ3) is 4.55. The molecule has 7 nitrogen and oxygen atoms in total. The number of anilines is 1. The standard InChI is InChI=1S/C11H13N3O4S.Na/c12-11-13-8(5-19-11)9(10(16)17)14-18-7-3-1-6(15)2-4-7;/h5,7H,1-4H2,(H2,12,13)(H,16,17);/q;+1/p-1/b14-9-;. The summed E-state index contributed by atoms with van der Waals surface area (Å²) < 4.78 is 0. The second-order valence-electron chi connectivity index (χ2n) is 4.14. The molecule has 102 valence electrons. The number of rotatable bonds is 4. The quantitative estimate of drug-likeness (QED) is 0.354. The molecular weight excluding hydrogens is 293 g/mol. The number of hydrogen-bond donors (Lipinski definition) is 1. The summed E-state index contributed by atoms with van der Waals surface area (Å²) in [5, 5.41) is 16.3. The summed E-state index contributed by atoms with van der Waals surface area (Å²) in [4.78, 5) is 31.0. The Morgan fingerprint density at radius 3 is 2.65 bits per heavy atom. The number of carbonyl (C=O) groups excluding carboxylic acids is 2. The number of nitrogen functional groups attached to an aromatic ring is 1. The van der Waals surface area contributed by atoms with Gasteiger partial charge in [0.25, 0.3) is 0 Å². The molecule has 20 heavy (non-hydrogen) atoms. The van der Waals surface area contributed by atoms with Gasteiger partial charge in [-0.2, -0.15) is 0 Å². The number of carboxylic acids is 1. The van der Waals surface area contributed by atoms with E-state index < -0.39 is 5.97 Å². The zero-order valence-electron chi connectivity index (χ0n) is 11.0. The van der Waals surface area contributed by atoms with Gasteiger partial charge in [-0.3, -0.25) is 4.79 Å². The van der Waals surface area contributed by atoms with Crippen molar-refractivity contribution in [2.45, 2.75) is 31.8 Å². The number of hydrogen-bond acceptors (Lipinski definition) is 8. The third-order valence-corrected chi connectivity index (χ3v) is 3.42. The van der Waals surface area contributed by atoms with Gasteiger partial charge >= 0.3 is 29.6 Å². The Bertz CT molecular complexity index is 521. The summed E-state index contributed by atoms with van der Waals surface area (Å²) in [6.45, 7) is 0. The molecule has 1 saturated carbocycles. The summed E-state index contributed by atoms with van der Waals surface area (Å²) in [5.74, 6) is -1.28. The van der Waals surface area contributed by atoms with E-state index in [1.54, 1.807) is 0 Å². The van der Waals surface area contributed by atoms with Gasteiger partial charge < -0.3 is 20.5 Å². The van der Waals surface area contributed by atoms with Gasteiger partial charge in [-0.15, -0.1) is 11.3 Å². The molecule has 0 aromatic carbocycles. The van der Waals surface area contributed by atoms with Crippen LogP contribution < -0.4 is 40.4 Å². The number of ketones is 1. The number of nitrogens with zero attached hydrogens (tertiary/aromatic N) is 2. The predicted molar refractivity (Wildman–Crippen MR) is 66.4 cm³/mol. The van der Waals surface area contributed by atoms with Crippen LogP contribution in [0.1, 0.15) is 31.4 Å². The van der Waals surface area contributed by atoms with E-state index >= 15 is 0 Å². The summed E-state index contributed by atoms with van der Waals surface area (Å²) in [6, 6.07) is 0. The first-order valence-electron chi connectivity index (χ1n) is 5.74. The average Bonchev–Trinajstić information content (AvgIpc) is 2.78. The van der Waals surface area contributed by atoms with Crippen molar-refractivity contribution in [3.63, 3.8) is 0 Å². The van der Waals surface area contributed by atoms with Crippen molar-refractivity contribution >= 4 is 33.9 Å². The molecule has 0 amide bonds. The summed E-state index contributed by atoms with van der Waals surface area (Å²) >= 11 is 1.11. The van der Waals surface area contributed by atoms with Crippen molar-refractivity contribution in [3.8, 4) is 0 Å². The van der Waals surface area contributed by atoms with Crippen LogP contribution in [0.4, 0.5) is 5.13 Å². The minimum Gasteiger partial charge on any atom is -0.543 e. The second kappa shape index (κ2) is 7.72. The molecule has 0 atom stereocenters. The fourth-order valence-corrected chi connectivity index (χ4v) is 2.28. The Balaban J connectivity index is 0.00000200. The zero-order valence-corrected chi connectivity index (χ0v) is 13.8. The van der Waals surface area contributed by atoms with Crippen molar-refractivity contribution in [3.05, 3.63) is 11.1 Å². The van der Waals surface area contributed by atoms with Crippen LogP contribution in [0.15, 0.2) is 10.5 Å². The topological polar surface area (TPSA) is 118 Å². The van der Waals surface area contributed by atoms with E-state index in [0.717, 1.165) is 11.3 Å². The zero-order chi connectivity index (χ0) is 13.8. The number of thiazole rings is 1. The van der Waals surface area contributed by atoms with E-state index in [-0.39, 0.29) is 58.0 Å². The van der Waals surface area contributed by atoms with Crippen molar-refractivity contribution in [1.29, 1.82) is 0 Å². The second-order valence-corrected chi connectivity index (χ2v) is 5.03. The average molecular weight is 305 g/mol. The molecule has 0 unspecified atom stereocenters. The van der Waals surface area contributed by atoms with Crippen molar-refractivity contribution in [2.75, 3.05) is 5.73 Å². The number of nitrogens with two attached hydrogens (primary N) is 1. The maximum Gasteiger partial charge on any atom is 1.00 e. The summed E-state index contributed by atoms with van der Waals surface area (Å²) in [5.41, 5.74) is 5.17. The number of aliphatic carboxylic acids is 1. The number of Topliss-reactive ketones (excluding diaryl/α,β-unsaturated/α-hetero) is 1. The molecule has 0 bridgehead atoms. The van der Waals surface area contributed by atoms with Crippen molar-refractivity contribution < 1.29 is 49.1 Å². The molecule has 9 heteroatoms. The number of carbonyl (C=O) groups is 2. The largest absolute Gasteiger partial charge is 1.00 e. The molecule has 2 N–H and O–H groups in total. The number of oxime groups is 1. The maximum atomic E-state index is 11.1. The fraction of sp³-hybridized carbons (Fsp3) is 0.455. The maximum absolute atomic E-state index is 11.1. The molecule has 1 aromatic heterocycles. The van der Waals surface area contributed by atoms with Crippen LogP contribution in [0, 0.1) is 0 Å². The molecule has 1 fully saturated rings. The van der Waals surface area contributed by atoms with Gasteiger partial charge in [0.05, 0.1) is 5.97 Å². The van der Waals surface area contributed by atoms with Gasteiger partial charge in [0.2, 0.25) is 0 Å². The van der Waals surface area contributed by atoms with Gasteiger partial charge in [-0.05, 0) is 12.8 Å². The van der Waals surface area contributed by atoms with Gasteiger partial charge in [0.15, 0.2) is 10.8 Å². The van der Waals surface area contributed by atoms with Gasteiger partial charge in [-0.1, -0.05) is 5.16 Å². The van der Waals surface area contributed by atoms with Gasteiger partial charge in [-0.25, -0.2) is 4.98 Å². The van der Waals surface area contributed by atoms with Crippen LogP contribution in [0.5, 0.6) is 0 Å². The van der Waals surface area contributed by atoms with E-state index in [2.05, 4.69) is 10.1 Å². The first kappa shape index (κ1) is 17.1. The summed E-state index contributed by atoms with van der Waals surface area (Å²) in [7, 11) is 0. The molecule has 1 aromatic rings. The minimum atomic E-state index is -1.47. The molecule has 0 aliphatic heterocycles. The van der Waals surface area contributed by atoms with Crippen molar-refractivity contribution in [2.24, 2.45) is 5.16 Å². The third-order valence-electron chi connectivity index (χ3n) is 2.74. The molecule has 0 radical (unpaired) electrons. The van der Waals surface area contributed by atoms with E-state index in [4.69, 9.17) is 10.6 Å².